The van der Waals surface area contributed by atoms with Gasteiger partial charge in [-0.15, -0.1) is 0 Å². The molecule has 0 aromatic rings. The quantitative estimate of drug-likeness (QED) is 0.0136. The Morgan fingerprint density at radius 3 is 1.00 bits per heavy atom. The summed E-state index contributed by atoms with van der Waals surface area (Å²) in [6.07, 6.45) is 10.6. The number of unbranched alkanes of at least 4 members (excludes halogenated alkanes) is 8. The molecule has 1 aliphatic heterocycles. The molecule has 810 valence electrons. The number of hydrogen-bond acceptors (Lipinski definition) is 24. The van der Waals surface area contributed by atoms with Crippen molar-refractivity contribution in [3.63, 3.8) is 0 Å². The third-order valence-electron chi connectivity index (χ3n) is 23.8. The van der Waals surface area contributed by atoms with Gasteiger partial charge < -0.3 is 127 Å². The van der Waals surface area contributed by atoms with Crippen LogP contribution in [0.2, 0.25) is 0 Å². The predicted molar refractivity (Wildman–Crippen MR) is 529 cm³/mol. The second-order valence-electron chi connectivity index (χ2n) is 42.7. The molecule has 0 spiro atoms. The Bertz CT molecular complexity index is 4630. The predicted octanol–water partition coefficient (Wildman–Crippen LogP) is -1.94. The fourth-order valence-electron chi connectivity index (χ4n) is 13.7. The molecule has 1 saturated heterocycles. The summed E-state index contributed by atoms with van der Waals surface area (Å²) in [6, 6.07) is -13.3. The monoisotopic (exact) mass is 2030 g/mol. The topological polar surface area (TPSA) is 719 Å². The number of ketones is 1. The normalized spacial score (nSPS) is 15.3. The summed E-state index contributed by atoms with van der Waals surface area (Å²) in [4.78, 5) is 312. The van der Waals surface area contributed by atoms with Gasteiger partial charge in [-0.2, -0.15) is 0 Å². The molecule has 11 atom stereocenters. The number of nitrogens with two attached hydrogens (primary N) is 1. The summed E-state index contributed by atoms with van der Waals surface area (Å²) in [5.41, 5.74) is -12.0. The summed E-state index contributed by atoms with van der Waals surface area (Å²) >= 11 is 0. The Labute approximate surface area is 839 Å². The van der Waals surface area contributed by atoms with Crippen LogP contribution in [0, 0.1) is 17.2 Å². The van der Waals surface area contributed by atoms with Crippen molar-refractivity contribution in [3.05, 3.63) is 0 Å². The van der Waals surface area contributed by atoms with Crippen molar-refractivity contribution >= 4 is 142 Å². The number of guanidine groups is 1. The highest BCUT2D eigenvalue weighted by molar-refractivity contribution is 6.06. The molecular weight excluding hydrogens is 1860 g/mol. The zero-order valence-electron chi connectivity index (χ0n) is 89.5. The molecule has 48 nitrogen and oxygen atoms in total. The standard InChI is InChI=1S/C95H166N24O24/c1-32-33-34-35-36-37-38-39-40-45-62(120)51(4)73(131)119-47-42-44-61(119)72(130)114-93(26,27)82(141)117-95(30,31)84(143)118-94(28,29)83(142)116-90(20,21)77(136)105-53(6)65(123)101-55(8)67(125)113-89(18,19)80(139)108-60(48-50(2)3)71(129)103-57(10)69(127)111-87(14,15)76(135)104-52(5)64(122)100-54(7)66(124)112-88(16,17)79(138)107-59(43-41-46-98-85(96)97)70(128)102-56(9)68(126)110-86(12,13)75(134)99-49-63(121)109-92(24,25)81(140)115-91(22,23)78(137)106-58(11)74(132)133/h50-61H,32-49H2,1-31H3,(H,99,134)(H,100,122)(H,101,123)(H,102,128)(H,103,129)(H,104,135)(H,105,136)(H,106,137)(H,107,138)(H,108,139)(H,109,121)(H,110,126)(H,111,127)(H,112,124)(H,113,125)(H,114,130)(H,115,140)(H,116,142)(H,117,141)(H,118,143)(H,132,133)(H4,96,97,98)/t51?,52-,53-,54-,55-,56-,57-,58-,59-,60-,61-/m0/s1. The van der Waals surface area contributed by atoms with E-state index < -0.39 is 264 Å². The second-order valence-corrected chi connectivity index (χ2v) is 42.7. The SMILES string of the molecule is CCCCCCCCCCCC(=O)C(C)C(=O)N1CCC[C@H]1C(=O)NC(C)(C)C(=O)NC(C)(C)C(=O)NC(C)(C)C(=O)NC(C)(C)C(=O)N[C@@H](C)C(=O)N[C@@H](C)C(=O)NC(C)(C)C(=O)N[C@@H](CC(C)C)C(=O)N[C@@H](C)C(=O)NC(C)(C)C(=O)N[C@@H](C)C(=O)N[C@@H](C)C(=O)NC(C)(C)C(=O)N[C@@H](CCCNC(=N)N)C(=O)N[C@@H](C)C(=O)NC(C)(C)C(=O)NCC(=O)NC(C)(C)C(=O)NC(C)(C)C(=O)N[C@@H](C)C(=O)O. The fourth-order valence-corrected chi connectivity index (χ4v) is 13.7. The van der Waals surface area contributed by atoms with E-state index in [1.165, 1.54) is 218 Å². The van der Waals surface area contributed by atoms with Gasteiger partial charge in [0.2, 0.25) is 124 Å². The number of rotatable bonds is 59. The Kier molecular flexibility index (Phi) is 49.0. The van der Waals surface area contributed by atoms with E-state index in [1.807, 2.05) is 0 Å². The minimum Gasteiger partial charge on any atom is -0.480 e. The van der Waals surface area contributed by atoms with E-state index in [0.717, 1.165) is 25.7 Å². The Balaban J connectivity index is 2.97. The van der Waals surface area contributed by atoms with Gasteiger partial charge in [0, 0.05) is 19.5 Å². The van der Waals surface area contributed by atoms with E-state index in [9.17, 15) is 110 Å². The van der Waals surface area contributed by atoms with E-state index in [1.54, 1.807) is 20.8 Å². The van der Waals surface area contributed by atoms with E-state index >= 15 is 0 Å². The van der Waals surface area contributed by atoms with Gasteiger partial charge in [-0.1, -0.05) is 72.1 Å². The lowest BCUT2D eigenvalue weighted by Crippen LogP contribution is -2.68. The number of carbonyl (C=O) groups is 23. The molecule has 1 rings (SSSR count). The van der Waals surface area contributed by atoms with Crippen molar-refractivity contribution in [2.75, 3.05) is 19.6 Å². The number of amides is 21. The second kappa shape index (κ2) is 54.7. The zero-order valence-corrected chi connectivity index (χ0v) is 89.5. The minimum absolute atomic E-state index is 0.00288. The van der Waals surface area contributed by atoms with Crippen molar-refractivity contribution in [3.8, 4) is 0 Å². The summed E-state index contributed by atoms with van der Waals surface area (Å²) in [7, 11) is 0. The third kappa shape index (κ3) is 42.4. The minimum atomic E-state index is -1.84. The van der Waals surface area contributed by atoms with Crippen LogP contribution in [0.5, 0.6) is 0 Å². The number of hydrogen-bond donors (Lipinski definition) is 24. The Morgan fingerprint density at radius 2 is 0.636 bits per heavy atom. The molecule has 48 heteroatoms. The number of carboxylic acids is 1. The first-order chi connectivity index (χ1) is 65.2. The van der Waals surface area contributed by atoms with Crippen LogP contribution in [-0.2, 0) is 110 Å². The largest absolute Gasteiger partial charge is 0.480 e. The van der Waals surface area contributed by atoms with Gasteiger partial charge in [-0.3, -0.25) is 116 Å². The van der Waals surface area contributed by atoms with Crippen LogP contribution in [0.4, 0.5) is 0 Å². The van der Waals surface area contributed by atoms with Gasteiger partial charge in [0.05, 0.1) is 12.5 Å². The molecule has 0 aromatic heterocycles. The first kappa shape index (κ1) is 128. The van der Waals surface area contributed by atoms with Crippen molar-refractivity contribution in [1.29, 1.82) is 5.41 Å². The van der Waals surface area contributed by atoms with Crippen LogP contribution in [0.25, 0.3) is 0 Å². The van der Waals surface area contributed by atoms with Crippen molar-refractivity contribution in [2.45, 2.75) is 427 Å². The maximum atomic E-state index is 14.0. The number of Topliss-reactive ketones (excluding diaryl/α,β-unsaturated/α-hetero) is 1. The van der Waals surface area contributed by atoms with Crippen LogP contribution in [0.3, 0.4) is 0 Å². The molecule has 1 unspecified atom stereocenters. The van der Waals surface area contributed by atoms with Crippen molar-refractivity contribution < 1.29 is 115 Å². The van der Waals surface area contributed by atoms with Gasteiger partial charge in [0.25, 0.3) is 0 Å². The van der Waals surface area contributed by atoms with Gasteiger partial charge >= 0.3 is 5.97 Å². The molecule has 25 N–H and O–H groups in total. The van der Waals surface area contributed by atoms with Crippen LogP contribution in [-0.4, -0.2) is 287 Å². The van der Waals surface area contributed by atoms with Crippen molar-refractivity contribution in [2.24, 2.45) is 17.6 Å². The van der Waals surface area contributed by atoms with Gasteiger partial charge in [-0.25, -0.2) is 0 Å². The number of aliphatic carboxylic acids is 1. The first-order valence-electron chi connectivity index (χ1n) is 48.6. The third-order valence-corrected chi connectivity index (χ3v) is 23.8. The molecule has 1 heterocycles. The van der Waals surface area contributed by atoms with Crippen LogP contribution in [0.1, 0.15) is 311 Å². The van der Waals surface area contributed by atoms with Crippen molar-refractivity contribution in [1.82, 2.24) is 117 Å². The van der Waals surface area contributed by atoms with E-state index in [0.29, 0.717) is 19.3 Å². The maximum absolute atomic E-state index is 14.0. The molecular formula is C95H166N24O24. The molecule has 0 bridgehead atoms. The number of carbonyl (C=O) groups excluding carboxylic acids is 22. The average molecular weight is 2030 g/mol. The molecule has 0 aromatic carbocycles. The van der Waals surface area contributed by atoms with Crippen LogP contribution >= 0.6 is 0 Å². The number of nitrogens with one attached hydrogen (secondary N) is 22. The van der Waals surface area contributed by atoms with E-state index in [2.05, 4.69) is 119 Å². The van der Waals surface area contributed by atoms with Gasteiger partial charge in [-0.05, 0) is 238 Å². The molecule has 0 aliphatic carbocycles. The van der Waals surface area contributed by atoms with E-state index in [4.69, 9.17) is 16.2 Å². The lowest BCUT2D eigenvalue weighted by atomic mass is 9.95. The highest BCUT2D eigenvalue weighted by Crippen LogP contribution is 2.25. The Morgan fingerprint density at radius 1 is 0.336 bits per heavy atom. The number of likely N-dealkylation sites (tertiary alicyclic amines) is 1. The first-order valence-corrected chi connectivity index (χ1v) is 48.6. The van der Waals surface area contributed by atoms with Gasteiger partial charge in [0.15, 0.2) is 5.96 Å². The molecule has 21 amide bonds. The average Bonchev–Trinajstić information content (AvgIpc) is 1.71. The summed E-state index contributed by atoms with van der Waals surface area (Å²) < 4.78 is 0. The molecule has 1 aliphatic rings. The summed E-state index contributed by atoms with van der Waals surface area (Å²) in [6.45, 7) is 42.0. The van der Waals surface area contributed by atoms with E-state index in [-0.39, 0.29) is 50.5 Å². The van der Waals surface area contributed by atoms with Gasteiger partial charge in [0.1, 0.15) is 122 Å². The van der Waals surface area contributed by atoms with Crippen LogP contribution < -0.4 is 117 Å². The number of nitrogens with zero attached hydrogens (tertiary/aromatic N) is 1. The summed E-state index contributed by atoms with van der Waals surface area (Å²) in [5.74, 6) is -21.0. The van der Waals surface area contributed by atoms with Crippen LogP contribution in [0.15, 0.2) is 0 Å². The lowest BCUT2D eigenvalue weighted by Gasteiger charge is -2.36. The molecule has 143 heavy (non-hydrogen) atoms. The zero-order chi connectivity index (χ0) is 111. The Hall–Kier alpha value is -12.7. The molecule has 0 saturated carbocycles. The fraction of sp³-hybridized carbons (Fsp3) is 0.747. The molecule has 1 fully saturated rings. The highest BCUT2D eigenvalue weighted by Gasteiger charge is 2.48. The lowest BCUT2D eigenvalue weighted by molar-refractivity contribution is -0.146. The smallest absolute Gasteiger partial charge is 0.325 e. The number of carboxylic acid groups (broad SMARTS) is 1. The highest BCUT2D eigenvalue weighted by atomic mass is 16.4. The maximum Gasteiger partial charge on any atom is 0.325 e. The molecule has 0 radical (unpaired) electrons. The summed E-state index contributed by atoms with van der Waals surface area (Å²) in [5, 5.41) is 69.1.